The molecule has 0 atom stereocenters. The number of pyridine rings is 1. The fraction of sp³-hybridized carbons (Fsp3) is 0.333. The molecule has 1 heterocycles. The van der Waals surface area contributed by atoms with E-state index in [4.69, 9.17) is 0 Å². The predicted molar refractivity (Wildman–Crippen MR) is 101 cm³/mol. The maximum Gasteiger partial charge on any atom is 0.421 e. The zero-order chi connectivity index (χ0) is 22.0. The molecule has 0 aliphatic heterocycles. The second-order valence-corrected chi connectivity index (χ2v) is 8.97. The Kier molecular flexibility index (Phi) is 6.24. The van der Waals surface area contributed by atoms with Gasteiger partial charge >= 0.3 is 6.18 Å². The maximum absolute atomic E-state index is 12.8. The van der Waals surface area contributed by atoms with Crippen molar-refractivity contribution in [1.29, 1.82) is 0 Å². The van der Waals surface area contributed by atoms with Crippen LogP contribution < -0.4 is 15.6 Å². The summed E-state index contributed by atoms with van der Waals surface area (Å²) >= 11 is 0. The molecule has 0 saturated heterocycles. The normalized spacial score (nSPS) is 12.6. The molecule has 0 unspecified atom stereocenters. The first kappa shape index (κ1) is 22.6. The van der Waals surface area contributed by atoms with Gasteiger partial charge in [0.25, 0.3) is 5.56 Å². The van der Waals surface area contributed by atoms with Gasteiger partial charge in [0.1, 0.15) is 12.1 Å². The van der Waals surface area contributed by atoms with Crippen molar-refractivity contribution in [1.82, 2.24) is 9.29 Å². The summed E-state index contributed by atoms with van der Waals surface area (Å²) in [4.78, 5) is 24.0. The first-order valence-electron chi connectivity index (χ1n) is 8.40. The van der Waals surface area contributed by atoms with Gasteiger partial charge in [-0.1, -0.05) is 6.07 Å². The monoisotopic (exact) mass is 431 g/mol. The number of anilines is 1. The highest BCUT2D eigenvalue weighted by molar-refractivity contribution is 7.89. The van der Waals surface area contributed by atoms with Crippen molar-refractivity contribution in [2.75, 3.05) is 5.32 Å². The van der Waals surface area contributed by atoms with Crippen molar-refractivity contribution >= 4 is 21.6 Å². The number of hydrogen-bond donors (Lipinski definition) is 2. The Morgan fingerprint density at radius 3 is 2.34 bits per heavy atom. The number of rotatable bonds is 5. The molecule has 0 aliphatic rings. The van der Waals surface area contributed by atoms with Crippen LogP contribution in [0.25, 0.3) is 0 Å². The minimum atomic E-state index is -4.83. The summed E-state index contributed by atoms with van der Waals surface area (Å²) in [5.41, 5.74) is -3.33. The summed E-state index contributed by atoms with van der Waals surface area (Å²) < 4.78 is 66.3. The molecular weight excluding hydrogens is 411 g/mol. The van der Waals surface area contributed by atoms with E-state index >= 15 is 0 Å². The van der Waals surface area contributed by atoms with Gasteiger partial charge in [-0.15, -0.1) is 0 Å². The average molecular weight is 431 g/mol. The van der Waals surface area contributed by atoms with Crippen LogP contribution in [0.5, 0.6) is 0 Å². The lowest BCUT2D eigenvalue weighted by Gasteiger charge is -2.20. The van der Waals surface area contributed by atoms with Crippen molar-refractivity contribution in [2.24, 2.45) is 0 Å². The number of carbonyl (C=O) groups excluding carboxylic acids is 1. The lowest BCUT2D eigenvalue weighted by Crippen LogP contribution is -2.40. The standard InChI is InChI=1S/C18H20F3N3O4S/c1-17(2,3)23-29(27,28)13-7-4-6-12(10-13)22-15(25)11-24-9-5-8-14(16(24)26)18(19,20)21/h4-10,23H,11H2,1-3H3,(H,22,25). The van der Waals surface area contributed by atoms with Gasteiger partial charge in [0.15, 0.2) is 0 Å². The second kappa shape index (κ2) is 7.99. The molecule has 2 N–H and O–H groups in total. The van der Waals surface area contributed by atoms with E-state index in [1.54, 1.807) is 20.8 Å². The Morgan fingerprint density at radius 1 is 1.10 bits per heavy atom. The molecule has 2 aromatic rings. The van der Waals surface area contributed by atoms with Crippen LogP contribution in [0.3, 0.4) is 0 Å². The van der Waals surface area contributed by atoms with Crippen LogP contribution in [0.2, 0.25) is 0 Å². The van der Waals surface area contributed by atoms with Crippen molar-refractivity contribution in [3.05, 3.63) is 58.5 Å². The van der Waals surface area contributed by atoms with Gasteiger partial charge in [-0.3, -0.25) is 9.59 Å². The lowest BCUT2D eigenvalue weighted by molar-refractivity contribution is -0.139. The van der Waals surface area contributed by atoms with Crippen LogP contribution in [-0.2, 0) is 27.5 Å². The molecule has 0 saturated carbocycles. The largest absolute Gasteiger partial charge is 0.421 e. The van der Waals surface area contributed by atoms with E-state index in [1.807, 2.05) is 0 Å². The number of sulfonamides is 1. The molecule has 0 spiro atoms. The van der Waals surface area contributed by atoms with E-state index in [0.717, 1.165) is 12.3 Å². The molecule has 2 rings (SSSR count). The third-order valence-corrected chi connectivity index (χ3v) is 5.26. The average Bonchev–Trinajstić information content (AvgIpc) is 2.53. The zero-order valence-corrected chi connectivity index (χ0v) is 16.7. The summed E-state index contributed by atoms with van der Waals surface area (Å²) in [5.74, 6) is -0.787. The van der Waals surface area contributed by atoms with E-state index < -0.39 is 45.3 Å². The molecule has 7 nitrogen and oxygen atoms in total. The SMILES string of the molecule is CC(C)(C)NS(=O)(=O)c1cccc(NC(=O)Cn2cccc(C(F)(F)F)c2=O)c1. The molecule has 0 radical (unpaired) electrons. The number of benzene rings is 1. The van der Waals surface area contributed by atoms with E-state index in [9.17, 15) is 31.2 Å². The Bertz CT molecular complexity index is 1070. The minimum Gasteiger partial charge on any atom is -0.324 e. The summed E-state index contributed by atoms with van der Waals surface area (Å²) in [7, 11) is -3.85. The highest BCUT2D eigenvalue weighted by Crippen LogP contribution is 2.26. The maximum atomic E-state index is 12.8. The number of nitrogens with zero attached hydrogens (tertiary/aromatic N) is 1. The summed E-state index contributed by atoms with van der Waals surface area (Å²) in [6.07, 6.45) is -3.77. The number of nitrogens with one attached hydrogen (secondary N) is 2. The number of amides is 1. The predicted octanol–water partition coefficient (Wildman–Crippen LogP) is 2.58. The Morgan fingerprint density at radius 2 is 1.76 bits per heavy atom. The van der Waals surface area contributed by atoms with Gasteiger partial charge in [-0.25, -0.2) is 13.1 Å². The quantitative estimate of drug-likeness (QED) is 0.761. The van der Waals surface area contributed by atoms with Crippen LogP contribution in [-0.4, -0.2) is 24.4 Å². The summed E-state index contributed by atoms with van der Waals surface area (Å²) in [6, 6.07) is 7.02. The fourth-order valence-electron chi connectivity index (χ4n) is 2.44. The molecule has 0 aliphatic carbocycles. The minimum absolute atomic E-state index is 0.0959. The Balaban J connectivity index is 2.20. The molecule has 0 bridgehead atoms. The fourth-order valence-corrected chi connectivity index (χ4v) is 3.90. The first-order chi connectivity index (χ1) is 13.2. The van der Waals surface area contributed by atoms with Gasteiger partial charge in [0.2, 0.25) is 15.9 Å². The number of halogens is 3. The third-order valence-electron chi connectivity index (χ3n) is 3.51. The number of aromatic nitrogens is 1. The van der Waals surface area contributed by atoms with Crippen molar-refractivity contribution < 1.29 is 26.4 Å². The van der Waals surface area contributed by atoms with E-state index in [-0.39, 0.29) is 10.6 Å². The second-order valence-electron chi connectivity index (χ2n) is 7.28. The number of carbonyl (C=O) groups is 1. The topological polar surface area (TPSA) is 97.3 Å². The molecule has 11 heteroatoms. The van der Waals surface area contributed by atoms with Gasteiger partial charge < -0.3 is 9.88 Å². The molecule has 1 amide bonds. The molecule has 0 fully saturated rings. The lowest BCUT2D eigenvalue weighted by atomic mass is 10.1. The highest BCUT2D eigenvalue weighted by atomic mass is 32.2. The zero-order valence-electron chi connectivity index (χ0n) is 15.9. The van der Waals surface area contributed by atoms with E-state index in [0.29, 0.717) is 10.6 Å². The van der Waals surface area contributed by atoms with Crippen LogP contribution in [0.1, 0.15) is 26.3 Å². The summed E-state index contributed by atoms with van der Waals surface area (Å²) in [6.45, 7) is 4.34. The molecule has 1 aromatic heterocycles. The Labute approximate surface area is 165 Å². The van der Waals surface area contributed by atoms with Crippen LogP contribution in [0, 0.1) is 0 Å². The summed E-state index contributed by atoms with van der Waals surface area (Å²) in [5, 5.41) is 2.38. The first-order valence-corrected chi connectivity index (χ1v) is 9.88. The van der Waals surface area contributed by atoms with Crippen molar-refractivity contribution in [3.63, 3.8) is 0 Å². The number of alkyl halides is 3. The van der Waals surface area contributed by atoms with Crippen LogP contribution >= 0.6 is 0 Å². The van der Waals surface area contributed by atoms with Gasteiger partial charge in [0, 0.05) is 17.4 Å². The van der Waals surface area contributed by atoms with Gasteiger partial charge in [-0.2, -0.15) is 13.2 Å². The highest BCUT2D eigenvalue weighted by Gasteiger charge is 2.34. The van der Waals surface area contributed by atoms with E-state index in [2.05, 4.69) is 10.0 Å². The van der Waals surface area contributed by atoms with Crippen molar-refractivity contribution in [2.45, 2.75) is 43.9 Å². The smallest absolute Gasteiger partial charge is 0.324 e. The van der Waals surface area contributed by atoms with Crippen LogP contribution in [0.4, 0.5) is 18.9 Å². The van der Waals surface area contributed by atoms with Crippen LogP contribution in [0.15, 0.2) is 52.3 Å². The van der Waals surface area contributed by atoms with Crippen molar-refractivity contribution in [3.8, 4) is 0 Å². The van der Waals surface area contributed by atoms with Gasteiger partial charge in [-0.05, 0) is 51.1 Å². The Hall–Kier alpha value is -2.66. The molecule has 1 aromatic carbocycles. The van der Waals surface area contributed by atoms with Gasteiger partial charge in [0.05, 0.1) is 4.90 Å². The molecular formula is C18H20F3N3O4S. The number of hydrogen-bond acceptors (Lipinski definition) is 4. The molecule has 29 heavy (non-hydrogen) atoms. The molecule has 158 valence electrons. The third kappa shape index (κ3) is 6.16. The van der Waals surface area contributed by atoms with E-state index in [1.165, 1.54) is 24.3 Å².